The van der Waals surface area contributed by atoms with Crippen LogP contribution >= 0.6 is 28.3 Å². The average molecular weight is 367 g/mol. The number of nitrogens with two attached hydrogens (primary N) is 1. The number of rotatable bonds is 5. The van der Waals surface area contributed by atoms with E-state index in [0.29, 0.717) is 6.42 Å². The van der Waals surface area contributed by atoms with E-state index in [1.807, 2.05) is 41.3 Å². The fourth-order valence-corrected chi connectivity index (χ4v) is 4.09. The number of hydrogen-bond donors (Lipinski definition) is 2. The Balaban J connectivity index is 2.92. The van der Waals surface area contributed by atoms with E-state index in [4.69, 9.17) is 9.17 Å². The van der Waals surface area contributed by atoms with Crippen LogP contribution in [-0.4, -0.2) is 19.4 Å². The molecule has 0 saturated heterocycles. The quantitative estimate of drug-likeness (QED) is 0.621. The molecule has 0 aliphatic rings. The van der Waals surface area contributed by atoms with Gasteiger partial charge in [0.05, 0.1) is 5.28 Å². The van der Waals surface area contributed by atoms with Crippen molar-refractivity contribution in [3.05, 3.63) is 30.3 Å². The Bertz CT molecular complexity index is 431. The van der Waals surface area contributed by atoms with E-state index < -0.39 is 33.6 Å². The third kappa shape index (κ3) is 3.71. The lowest BCUT2D eigenvalue weighted by Crippen LogP contribution is -2.39. The molecule has 5 heteroatoms. The Morgan fingerprint density at radius 1 is 1.47 bits per heavy atom. The maximum atomic E-state index is 12.8. The van der Waals surface area contributed by atoms with Crippen LogP contribution in [0, 0.1) is 0 Å². The van der Waals surface area contributed by atoms with Crippen molar-refractivity contribution in [3.8, 4) is 0 Å². The van der Waals surface area contributed by atoms with E-state index in [1.165, 1.54) is 0 Å². The lowest BCUT2D eigenvalue weighted by atomic mass is 10.2. The van der Waals surface area contributed by atoms with Crippen LogP contribution in [0.2, 0.25) is 0 Å². The summed E-state index contributed by atoms with van der Waals surface area (Å²) >= 11 is -0.809. The first-order valence-corrected chi connectivity index (χ1v) is 9.79. The van der Waals surface area contributed by atoms with Gasteiger partial charge in [-0.2, -0.15) is 0 Å². The summed E-state index contributed by atoms with van der Waals surface area (Å²) in [7, 11) is -2.60. The van der Waals surface area contributed by atoms with E-state index in [-0.39, 0.29) is 0 Å². The summed E-state index contributed by atoms with van der Waals surface area (Å²) in [6, 6.07) is 9.41. The van der Waals surface area contributed by atoms with Gasteiger partial charge in [-0.1, -0.05) is 30.3 Å². The van der Waals surface area contributed by atoms with Crippen LogP contribution in [-0.2, 0) is 4.57 Å². The first-order chi connectivity index (χ1) is 7.92. The van der Waals surface area contributed by atoms with Gasteiger partial charge in [0.25, 0.3) is 0 Å². The van der Waals surface area contributed by atoms with Crippen LogP contribution in [0.4, 0.5) is 0 Å². The highest BCUT2D eigenvalue weighted by Crippen LogP contribution is 2.52. The van der Waals surface area contributed by atoms with Crippen molar-refractivity contribution in [1.82, 2.24) is 0 Å². The van der Waals surface area contributed by atoms with E-state index in [0.717, 1.165) is 11.7 Å². The van der Waals surface area contributed by atoms with Gasteiger partial charge in [-0.15, -0.1) is 0 Å². The van der Waals surface area contributed by atoms with Crippen molar-refractivity contribution >= 4 is 37.6 Å². The van der Waals surface area contributed by atoms with Gasteiger partial charge in [0.2, 0.25) is 0 Å². The summed E-state index contributed by atoms with van der Waals surface area (Å²) < 4.78 is 23.5. The minimum Gasteiger partial charge on any atom is -0.337 e. The van der Waals surface area contributed by atoms with Crippen molar-refractivity contribution in [2.75, 3.05) is 6.66 Å². The molecular formula is C12H19INO2P. The fourth-order valence-electron chi connectivity index (χ4n) is 1.62. The number of benzene rings is 1. The predicted molar refractivity (Wildman–Crippen MR) is 83.7 cm³/mol. The Hall–Kier alpha value is -0.0300. The third-order valence-corrected chi connectivity index (χ3v) is 7.53. The van der Waals surface area contributed by atoms with Gasteiger partial charge >= 0.3 is 0 Å². The van der Waals surface area contributed by atoms with Crippen molar-refractivity contribution in [2.45, 2.75) is 25.0 Å². The topological polar surface area (TPSA) is 63.3 Å². The zero-order chi connectivity index (χ0) is 12.9. The summed E-state index contributed by atoms with van der Waals surface area (Å²) in [4.78, 5) is 0. The average Bonchev–Trinajstić information content (AvgIpc) is 2.30. The normalized spacial score (nSPS) is 19.3. The molecule has 2 atom stereocenters. The lowest BCUT2D eigenvalue weighted by molar-refractivity contribution is 0.528. The molecule has 0 heterocycles. The monoisotopic (exact) mass is 367 g/mol. The molecule has 1 rings (SSSR count). The largest absolute Gasteiger partial charge is 0.337 e. The summed E-state index contributed by atoms with van der Waals surface area (Å²) in [6.07, 6.45) is 1.36. The van der Waals surface area contributed by atoms with Gasteiger partial charge in [0.15, 0.2) is 0 Å². The van der Waals surface area contributed by atoms with Crippen LogP contribution < -0.4 is 11.0 Å². The van der Waals surface area contributed by atoms with E-state index >= 15 is 0 Å². The smallest absolute Gasteiger partial charge is 0.131 e. The summed E-state index contributed by atoms with van der Waals surface area (Å²) in [6.45, 7) is 3.58. The molecular weight excluding hydrogens is 348 g/mol. The Kier molecular flexibility index (Phi) is 5.51. The molecule has 1 aromatic carbocycles. The maximum absolute atomic E-state index is 12.8. The highest BCUT2D eigenvalue weighted by molar-refractivity contribution is 14.2. The predicted octanol–water partition coefficient (Wildman–Crippen LogP) is 2.44. The Morgan fingerprint density at radius 3 is 2.59 bits per heavy atom. The van der Waals surface area contributed by atoms with Crippen LogP contribution in [0.15, 0.2) is 30.3 Å². The summed E-state index contributed by atoms with van der Waals surface area (Å²) in [5.41, 5.74) is 6.21. The highest BCUT2D eigenvalue weighted by Gasteiger charge is 2.37. The second-order valence-electron chi connectivity index (χ2n) is 4.41. The molecule has 3 N–H and O–H groups in total. The van der Waals surface area contributed by atoms with Crippen molar-refractivity contribution < 1.29 is 8.00 Å². The lowest BCUT2D eigenvalue weighted by Gasteiger charge is -2.32. The van der Waals surface area contributed by atoms with Crippen LogP contribution in [0.5, 0.6) is 0 Å². The Morgan fingerprint density at radius 2 is 2.06 bits per heavy atom. The van der Waals surface area contributed by atoms with Crippen LogP contribution in [0.3, 0.4) is 0 Å². The molecule has 0 spiro atoms. The van der Waals surface area contributed by atoms with Gasteiger partial charge in [-0.25, -0.2) is 0 Å². The minimum atomic E-state index is -2.60. The van der Waals surface area contributed by atoms with Gasteiger partial charge in [-0.3, -0.25) is 0 Å². The van der Waals surface area contributed by atoms with Gasteiger partial charge in [-0.05, 0) is 30.4 Å². The molecule has 96 valence electrons. The molecule has 0 fully saturated rings. The highest BCUT2D eigenvalue weighted by atomic mass is 127. The molecule has 0 saturated carbocycles. The third-order valence-electron chi connectivity index (χ3n) is 3.05. The van der Waals surface area contributed by atoms with Crippen molar-refractivity contribution in [2.24, 2.45) is 5.73 Å². The molecule has 17 heavy (non-hydrogen) atoms. The molecule has 3 nitrogen and oxygen atoms in total. The first-order valence-electron chi connectivity index (χ1n) is 5.43. The van der Waals surface area contributed by atoms with E-state index in [9.17, 15) is 4.57 Å². The molecule has 0 bridgehead atoms. The SMILES string of the molecule is CC(N)(CCC=IO)P(C)(=O)c1ccccc1. The summed E-state index contributed by atoms with van der Waals surface area (Å²) in [5.74, 6) is 0. The van der Waals surface area contributed by atoms with Gasteiger partial charge < -0.3 is 13.7 Å². The van der Waals surface area contributed by atoms with Crippen molar-refractivity contribution in [1.29, 1.82) is 0 Å². The zero-order valence-corrected chi connectivity index (χ0v) is 13.2. The Labute approximate surface area is 113 Å². The molecule has 0 aliphatic carbocycles. The zero-order valence-electron chi connectivity index (χ0n) is 10.1. The van der Waals surface area contributed by atoms with Crippen LogP contribution in [0.25, 0.3) is 0 Å². The molecule has 0 aliphatic heterocycles. The van der Waals surface area contributed by atoms with Crippen molar-refractivity contribution in [3.63, 3.8) is 0 Å². The van der Waals surface area contributed by atoms with E-state index in [2.05, 4.69) is 0 Å². The summed E-state index contributed by atoms with van der Waals surface area (Å²) in [5, 5.41) is 0.104. The number of hydrogen-bond acceptors (Lipinski definition) is 3. The molecule has 0 amide bonds. The second kappa shape index (κ2) is 6.23. The fraction of sp³-hybridized carbons (Fsp3) is 0.417. The molecule has 0 aromatic heterocycles. The molecule has 1 aromatic rings. The van der Waals surface area contributed by atoms with Crippen LogP contribution in [0.1, 0.15) is 19.8 Å². The standard InChI is InChI=1S/C12H19INO2P/c1-12(14,9-6-10-13-15)17(2,16)11-7-4-3-5-8-11/h3-5,7-8,10,15H,6,9,14H2,1-2H3. The van der Waals surface area contributed by atoms with Gasteiger partial charge in [0.1, 0.15) is 7.14 Å². The van der Waals surface area contributed by atoms with E-state index in [1.54, 1.807) is 6.66 Å². The molecule has 2 unspecified atom stereocenters. The second-order valence-corrected chi connectivity index (χ2v) is 9.23. The number of halogens is 1. The maximum Gasteiger partial charge on any atom is 0.131 e. The first kappa shape index (κ1) is 15.0. The molecule has 0 radical (unpaired) electrons. The minimum absolute atomic E-state index is 0.635. The van der Waals surface area contributed by atoms with Gasteiger partial charge in [0, 0.05) is 26.5 Å².